The van der Waals surface area contributed by atoms with Gasteiger partial charge in [0.15, 0.2) is 6.61 Å². The van der Waals surface area contributed by atoms with Crippen LogP contribution in [0.2, 0.25) is 5.02 Å². The molecule has 3 rings (SSSR count). The summed E-state index contributed by atoms with van der Waals surface area (Å²) in [5, 5.41) is 23.4. The summed E-state index contributed by atoms with van der Waals surface area (Å²) in [6, 6.07) is 5.61. The van der Waals surface area contributed by atoms with Crippen molar-refractivity contribution in [3.05, 3.63) is 54.9 Å². The highest BCUT2D eigenvalue weighted by Gasteiger charge is 2.25. The molecule has 0 saturated heterocycles. The van der Waals surface area contributed by atoms with Crippen molar-refractivity contribution in [3.63, 3.8) is 0 Å². The highest BCUT2D eigenvalue weighted by molar-refractivity contribution is 7.16. The minimum atomic E-state index is -1.01. The lowest BCUT2D eigenvalue weighted by Crippen LogP contribution is -2.21. The molecule has 0 fully saturated rings. The summed E-state index contributed by atoms with van der Waals surface area (Å²) in [5.41, 5.74) is 0.603. The number of rotatable bonds is 5. The van der Waals surface area contributed by atoms with Gasteiger partial charge in [-0.1, -0.05) is 11.6 Å². The lowest BCUT2D eigenvalue weighted by atomic mass is 10.1. The normalized spacial score (nSPS) is 12.1. The van der Waals surface area contributed by atoms with Crippen LogP contribution in [0, 0.1) is 21.4 Å². The number of aryl methyl sites for hydroxylation is 1. The van der Waals surface area contributed by atoms with Gasteiger partial charge in [-0.3, -0.25) is 14.9 Å². The molecule has 138 valence electrons. The van der Waals surface area contributed by atoms with Crippen LogP contribution in [-0.2, 0) is 22.4 Å². The molecule has 10 heteroatoms. The fourth-order valence-corrected chi connectivity index (χ4v) is 4.23. The smallest absolute Gasteiger partial charge is 0.345 e. The first-order valence-electron chi connectivity index (χ1n) is 7.86. The van der Waals surface area contributed by atoms with E-state index in [0.717, 1.165) is 41.8 Å². The molecule has 1 heterocycles. The molecule has 0 atom stereocenters. The summed E-state index contributed by atoms with van der Waals surface area (Å²) in [4.78, 5) is 35.5. The van der Waals surface area contributed by atoms with E-state index >= 15 is 0 Å². The number of nitrogens with one attached hydrogen (secondary N) is 1. The third-order valence-corrected chi connectivity index (χ3v) is 5.44. The van der Waals surface area contributed by atoms with Gasteiger partial charge in [0, 0.05) is 16.0 Å². The van der Waals surface area contributed by atoms with E-state index in [1.807, 2.05) is 0 Å². The highest BCUT2D eigenvalue weighted by atomic mass is 35.5. The fraction of sp³-hybridized carbons (Fsp3) is 0.235. The lowest BCUT2D eigenvalue weighted by molar-refractivity contribution is -0.385. The number of amides is 1. The molecule has 0 spiro atoms. The molecule has 1 aliphatic rings. The second kappa shape index (κ2) is 7.73. The van der Waals surface area contributed by atoms with Gasteiger partial charge in [0.1, 0.15) is 16.6 Å². The van der Waals surface area contributed by atoms with E-state index in [4.69, 9.17) is 16.3 Å². The molecule has 0 unspecified atom stereocenters. The van der Waals surface area contributed by atoms with Gasteiger partial charge in [-0.05, 0) is 37.0 Å². The first-order valence-corrected chi connectivity index (χ1v) is 9.05. The summed E-state index contributed by atoms with van der Waals surface area (Å²) in [7, 11) is 0. The minimum Gasteiger partial charge on any atom is -0.452 e. The summed E-state index contributed by atoms with van der Waals surface area (Å²) < 4.78 is 4.87. The first kappa shape index (κ1) is 18.8. The molecule has 0 aliphatic heterocycles. The van der Waals surface area contributed by atoms with Gasteiger partial charge >= 0.3 is 5.97 Å². The Morgan fingerprint density at radius 2 is 2.19 bits per heavy atom. The summed E-state index contributed by atoms with van der Waals surface area (Å²) in [5.74, 6) is -1.64. The molecule has 0 bridgehead atoms. The van der Waals surface area contributed by atoms with Gasteiger partial charge < -0.3 is 10.1 Å². The summed E-state index contributed by atoms with van der Waals surface area (Å²) >= 11 is 7.04. The third-order valence-electron chi connectivity index (χ3n) is 4.00. The maximum atomic E-state index is 12.1. The van der Waals surface area contributed by atoms with E-state index in [1.54, 1.807) is 0 Å². The number of carbonyl (C=O) groups is 2. The lowest BCUT2D eigenvalue weighted by Gasteiger charge is -2.06. The van der Waals surface area contributed by atoms with Crippen molar-refractivity contribution in [1.29, 1.82) is 5.26 Å². The van der Waals surface area contributed by atoms with Crippen molar-refractivity contribution >= 4 is 45.5 Å². The van der Waals surface area contributed by atoms with Crippen molar-refractivity contribution < 1.29 is 19.2 Å². The Balaban J connectivity index is 1.66. The number of hydrogen-bond acceptors (Lipinski definition) is 7. The van der Waals surface area contributed by atoms with E-state index in [2.05, 4.69) is 11.4 Å². The second-order valence-corrected chi connectivity index (χ2v) is 7.26. The van der Waals surface area contributed by atoms with Crippen LogP contribution in [0.1, 0.15) is 32.8 Å². The standard InChI is InChI=1S/C17H12ClN3O5S/c18-9-4-5-11(13(6-9)21(24)25)17(23)26-8-15(22)20-16-12(7-19)10-2-1-3-14(10)27-16/h4-6H,1-3,8H2,(H,20,22). The van der Waals surface area contributed by atoms with Crippen LogP contribution < -0.4 is 5.32 Å². The van der Waals surface area contributed by atoms with Crippen molar-refractivity contribution in [3.8, 4) is 6.07 Å². The quantitative estimate of drug-likeness (QED) is 0.461. The molecule has 1 aromatic carbocycles. The van der Waals surface area contributed by atoms with Crippen LogP contribution in [0.5, 0.6) is 0 Å². The molecule has 27 heavy (non-hydrogen) atoms. The van der Waals surface area contributed by atoms with Crippen molar-refractivity contribution in [1.82, 2.24) is 0 Å². The van der Waals surface area contributed by atoms with Crippen molar-refractivity contribution in [2.24, 2.45) is 0 Å². The van der Waals surface area contributed by atoms with Crippen LogP contribution in [-0.4, -0.2) is 23.4 Å². The number of nitro benzene ring substituents is 1. The molecule has 8 nitrogen and oxygen atoms in total. The van der Waals surface area contributed by atoms with Crippen molar-refractivity contribution in [2.45, 2.75) is 19.3 Å². The number of nitriles is 1. The monoisotopic (exact) mass is 405 g/mol. The Morgan fingerprint density at radius 1 is 1.41 bits per heavy atom. The SMILES string of the molecule is N#Cc1c(NC(=O)COC(=O)c2ccc(Cl)cc2[N+](=O)[O-])sc2c1CCC2. The molecular weight excluding hydrogens is 394 g/mol. The van der Waals surface area contributed by atoms with Gasteiger partial charge in [-0.25, -0.2) is 4.79 Å². The van der Waals surface area contributed by atoms with Gasteiger partial charge in [-0.15, -0.1) is 11.3 Å². The number of benzene rings is 1. The number of carbonyl (C=O) groups excluding carboxylic acids is 2. The molecule has 0 radical (unpaired) electrons. The van der Waals surface area contributed by atoms with Crippen molar-refractivity contribution in [2.75, 3.05) is 11.9 Å². The van der Waals surface area contributed by atoms with E-state index in [1.165, 1.54) is 17.4 Å². The van der Waals surface area contributed by atoms with E-state index in [-0.39, 0.29) is 10.6 Å². The van der Waals surface area contributed by atoms with Crippen LogP contribution in [0.15, 0.2) is 18.2 Å². The second-order valence-electron chi connectivity index (χ2n) is 5.72. The predicted molar refractivity (Wildman–Crippen MR) is 98.1 cm³/mol. The topological polar surface area (TPSA) is 122 Å². The Bertz CT molecular complexity index is 995. The zero-order chi connectivity index (χ0) is 19.6. The number of ether oxygens (including phenoxy) is 1. The van der Waals surface area contributed by atoms with Gasteiger partial charge in [0.05, 0.1) is 10.5 Å². The Hall–Kier alpha value is -2.96. The minimum absolute atomic E-state index is 0.103. The molecule has 1 N–H and O–H groups in total. The third kappa shape index (κ3) is 3.92. The Kier molecular flexibility index (Phi) is 5.39. The first-order chi connectivity index (χ1) is 12.9. The van der Waals surface area contributed by atoms with Crippen LogP contribution in [0.4, 0.5) is 10.7 Å². The highest BCUT2D eigenvalue weighted by Crippen LogP contribution is 2.38. The molecule has 1 amide bonds. The zero-order valence-electron chi connectivity index (χ0n) is 13.8. The number of nitrogens with zero attached hydrogens (tertiary/aromatic N) is 2. The summed E-state index contributed by atoms with van der Waals surface area (Å²) in [6.07, 6.45) is 2.67. The number of nitro groups is 1. The van der Waals surface area contributed by atoms with E-state index < -0.39 is 29.1 Å². The maximum absolute atomic E-state index is 12.1. The average molecular weight is 406 g/mol. The van der Waals surface area contributed by atoms with Gasteiger partial charge in [0.25, 0.3) is 11.6 Å². The van der Waals surface area contributed by atoms with Crippen LogP contribution in [0.25, 0.3) is 0 Å². The van der Waals surface area contributed by atoms with E-state index in [9.17, 15) is 25.0 Å². The van der Waals surface area contributed by atoms with Gasteiger partial charge in [0.2, 0.25) is 0 Å². The van der Waals surface area contributed by atoms with Crippen LogP contribution >= 0.6 is 22.9 Å². The van der Waals surface area contributed by atoms with Crippen LogP contribution in [0.3, 0.4) is 0 Å². The number of fused-ring (bicyclic) bond motifs is 1. The zero-order valence-corrected chi connectivity index (χ0v) is 15.4. The number of esters is 1. The number of thiophene rings is 1. The molecular formula is C17H12ClN3O5S. The average Bonchev–Trinajstić information content (AvgIpc) is 3.20. The molecule has 1 aliphatic carbocycles. The molecule has 1 aromatic heterocycles. The van der Waals surface area contributed by atoms with E-state index in [0.29, 0.717) is 10.6 Å². The molecule has 0 saturated carbocycles. The molecule has 2 aromatic rings. The number of halogens is 1. The summed E-state index contributed by atoms with van der Waals surface area (Å²) in [6.45, 7) is -0.633. The van der Waals surface area contributed by atoms with Gasteiger partial charge in [-0.2, -0.15) is 5.26 Å². The Labute approximate surface area is 162 Å². The predicted octanol–water partition coefficient (Wildman–Crippen LogP) is 3.47. The maximum Gasteiger partial charge on any atom is 0.345 e. The number of hydrogen-bond donors (Lipinski definition) is 1. The Morgan fingerprint density at radius 3 is 2.89 bits per heavy atom. The largest absolute Gasteiger partial charge is 0.452 e. The fourth-order valence-electron chi connectivity index (χ4n) is 2.81. The number of anilines is 1.